The highest BCUT2D eigenvalue weighted by Gasteiger charge is 2.52. The number of methoxy groups -OCH3 is 2. The summed E-state index contributed by atoms with van der Waals surface area (Å²) in [7, 11) is 2.81. The molecule has 0 radical (unpaired) electrons. The standard InChI is InChI=1S/C22H32O12/c1-11(23)29-15-9-10-18(27-5)33-16(15)7-8-17-19(30-12(2)24)20(31-13(3)25)21(32-14(4)26)22(28-6)34-17/h9-10,15-22H,7-8H2,1-6H3/t15-,16-,17+,18+,19-,20+,21+,22-/m1/s1. The van der Waals surface area contributed by atoms with Crippen LogP contribution in [-0.2, 0) is 57.1 Å². The molecule has 0 bridgehead atoms. The van der Waals surface area contributed by atoms with Crippen molar-refractivity contribution in [3.05, 3.63) is 12.2 Å². The Bertz CT molecular complexity index is 765. The van der Waals surface area contributed by atoms with Crippen molar-refractivity contribution in [1.82, 2.24) is 0 Å². The molecule has 2 aliphatic heterocycles. The van der Waals surface area contributed by atoms with Gasteiger partial charge in [-0.1, -0.05) is 0 Å². The minimum atomic E-state index is -1.18. The third kappa shape index (κ3) is 7.76. The van der Waals surface area contributed by atoms with Gasteiger partial charge >= 0.3 is 23.9 Å². The third-order valence-corrected chi connectivity index (χ3v) is 5.13. The molecule has 0 aromatic heterocycles. The molecule has 0 aliphatic carbocycles. The molecule has 12 heteroatoms. The quantitative estimate of drug-likeness (QED) is 0.257. The molecule has 0 aromatic rings. The summed E-state index contributed by atoms with van der Waals surface area (Å²) >= 11 is 0. The van der Waals surface area contributed by atoms with Gasteiger partial charge in [-0.3, -0.25) is 19.2 Å². The molecule has 0 amide bonds. The first-order valence-corrected chi connectivity index (χ1v) is 10.8. The predicted molar refractivity (Wildman–Crippen MR) is 112 cm³/mol. The summed E-state index contributed by atoms with van der Waals surface area (Å²) < 4.78 is 43.8. The van der Waals surface area contributed by atoms with Gasteiger partial charge in [-0.2, -0.15) is 0 Å². The molecule has 1 fully saturated rings. The SMILES string of the molecule is CO[C@@H]1C=C[C@@H](OC(C)=O)[C@@H](CC[C@@H]2O[C@@H](OC)[C@@H](OC(C)=O)[C@@H](OC(C)=O)[C@@H]2OC(C)=O)O1. The van der Waals surface area contributed by atoms with E-state index in [0.717, 1.165) is 0 Å². The van der Waals surface area contributed by atoms with Crippen LogP contribution in [0.15, 0.2) is 12.2 Å². The maximum Gasteiger partial charge on any atom is 0.303 e. The van der Waals surface area contributed by atoms with Crippen LogP contribution in [0.2, 0.25) is 0 Å². The van der Waals surface area contributed by atoms with Crippen LogP contribution >= 0.6 is 0 Å². The smallest absolute Gasteiger partial charge is 0.303 e. The molecule has 0 saturated carbocycles. The number of hydrogen-bond donors (Lipinski definition) is 0. The molecule has 0 unspecified atom stereocenters. The van der Waals surface area contributed by atoms with Crippen molar-refractivity contribution >= 4 is 23.9 Å². The van der Waals surface area contributed by atoms with Crippen LogP contribution in [0.5, 0.6) is 0 Å². The van der Waals surface area contributed by atoms with E-state index in [1.807, 2.05) is 0 Å². The number of esters is 4. The predicted octanol–water partition coefficient (Wildman–Crippen LogP) is 0.792. The van der Waals surface area contributed by atoms with E-state index in [-0.39, 0.29) is 12.8 Å². The summed E-state index contributed by atoms with van der Waals surface area (Å²) in [6, 6.07) is 0. The molecule has 0 aromatic carbocycles. The van der Waals surface area contributed by atoms with E-state index in [4.69, 9.17) is 37.9 Å². The maximum atomic E-state index is 11.9. The van der Waals surface area contributed by atoms with Crippen molar-refractivity contribution in [2.45, 2.75) is 89.7 Å². The van der Waals surface area contributed by atoms with Crippen LogP contribution in [0, 0.1) is 0 Å². The Balaban J connectivity index is 2.28. The van der Waals surface area contributed by atoms with E-state index in [1.165, 1.54) is 41.9 Å². The fourth-order valence-electron chi connectivity index (χ4n) is 3.90. The number of carbonyl (C=O) groups excluding carboxylic acids is 4. The van der Waals surface area contributed by atoms with Gasteiger partial charge in [0.1, 0.15) is 18.3 Å². The molecule has 12 nitrogen and oxygen atoms in total. The second kappa shape index (κ2) is 12.8. The summed E-state index contributed by atoms with van der Waals surface area (Å²) in [4.78, 5) is 46.9. The van der Waals surface area contributed by atoms with Gasteiger partial charge in [-0.05, 0) is 25.0 Å². The summed E-state index contributed by atoms with van der Waals surface area (Å²) in [6.45, 7) is 4.84. The van der Waals surface area contributed by atoms with Crippen molar-refractivity contribution in [2.24, 2.45) is 0 Å². The maximum absolute atomic E-state index is 11.9. The number of hydrogen-bond acceptors (Lipinski definition) is 12. The van der Waals surface area contributed by atoms with Crippen LogP contribution in [-0.4, -0.2) is 87.3 Å². The molecule has 34 heavy (non-hydrogen) atoms. The Hall–Kier alpha value is -2.54. The van der Waals surface area contributed by atoms with Crippen LogP contribution in [0.25, 0.3) is 0 Å². The molecular weight excluding hydrogens is 456 g/mol. The molecular formula is C22H32O12. The van der Waals surface area contributed by atoms with Crippen LogP contribution in [0.4, 0.5) is 0 Å². The van der Waals surface area contributed by atoms with Crippen LogP contribution < -0.4 is 0 Å². The summed E-state index contributed by atoms with van der Waals surface area (Å²) in [6.07, 6.45) is -3.51. The van der Waals surface area contributed by atoms with E-state index < -0.39 is 73.1 Å². The Kier molecular flexibility index (Phi) is 10.4. The van der Waals surface area contributed by atoms with Gasteiger partial charge in [0.15, 0.2) is 30.9 Å². The molecule has 2 rings (SSSR count). The van der Waals surface area contributed by atoms with E-state index in [2.05, 4.69) is 0 Å². The van der Waals surface area contributed by atoms with Crippen molar-refractivity contribution in [1.29, 1.82) is 0 Å². The van der Waals surface area contributed by atoms with Gasteiger partial charge in [0.25, 0.3) is 0 Å². The average Bonchev–Trinajstić information content (AvgIpc) is 2.74. The van der Waals surface area contributed by atoms with Gasteiger partial charge in [-0.25, -0.2) is 0 Å². The fraction of sp³-hybridized carbons (Fsp3) is 0.727. The van der Waals surface area contributed by atoms with Gasteiger partial charge < -0.3 is 37.9 Å². The highest BCUT2D eigenvalue weighted by molar-refractivity contribution is 5.68. The van der Waals surface area contributed by atoms with Gasteiger partial charge in [0, 0.05) is 41.9 Å². The van der Waals surface area contributed by atoms with Crippen molar-refractivity contribution in [2.75, 3.05) is 14.2 Å². The highest BCUT2D eigenvalue weighted by atomic mass is 16.7. The van der Waals surface area contributed by atoms with Crippen molar-refractivity contribution in [3.8, 4) is 0 Å². The fourth-order valence-corrected chi connectivity index (χ4v) is 3.90. The molecule has 2 aliphatic rings. The first-order chi connectivity index (χ1) is 16.0. The molecule has 192 valence electrons. The largest absolute Gasteiger partial charge is 0.456 e. The normalized spacial score (nSPS) is 33.0. The van der Waals surface area contributed by atoms with E-state index >= 15 is 0 Å². The summed E-state index contributed by atoms with van der Waals surface area (Å²) in [5, 5.41) is 0. The zero-order chi connectivity index (χ0) is 25.4. The number of ether oxygens (including phenoxy) is 8. The van der Waals surface area contributed by atoms with E-state index in [9.17, 15) is 19.2 Å². The topological polar surface area (TPSA) is 142 Å². The zero-order valence-corrected chi connectivity index (χ0v) is 20.1. The monoisotopic (exact) mass is 488 g/mol. The molecule has 1 saturated heterocycles. The highest BCUT2D eigenvalue weighted by Crippen LogP contribution is 2.32. The summed E-state index contributed by atoms with van der Waals surface area (Å²) in [5.74, 6) is -2.47. The molecule has 2 heterocycles. The number of carbonyl (C=O) groups is 4. The average molecular weight is 488 g/mol. The Morgan fingerprint density at radius 2 is 1.18 bits per heavy atom. The van der Waals surface area contributed by atoms with E-state index in [0.29, 0.717) is 0 Å². The first kappa shape index (κ1) is 27.7. The lowest BCUT2D eigenvalue weighted by Crippen LogP contribution is -2.61. The third-order valence-electron chi connectivity index (χ3n) is 5.13. The lowest BCUT2D eigenvalue weighted by atomic mass is 9.93. The Labute approximate surface area is 197 Å². The lowest BCUT2D eigenvalue weighted by Gasteiger charge is -2.44. The first-order valence-electron chi connectivity index (χ1n) is 10.8. The van der Waals surface area contributed by atoms with Crippen LogP contribution in [0.1, 0.15) is 40.5 Å². The second-order valence-corrected chi connectivity index (χ2v) is 7.82. The van der Waals surface area contributed by atoms with Gasteiger partial charge in [0.05, 0.1) is 0 Å². The lowest BCUT2D eigenvalue weighted by molar-refractivity contribution is -0.300. The zero-order valence-electron chi connectivity index (χ0n) is 20.1. The summed E-state index contributed by atoms with van der Waals surface area (Å²) in [5.41, 5.74) is 0. The molecule has 8 atom stereocenters. The van der Waals surface area contributed by atoms with Gasteiger partial charge in [0.2, 0.25) is 0 Å². The molecule has 0 N–H and O–H groups in total. The minimum Gasteiger partial charge on any atom is -0.456 e. The number of rotatable bonds is 9. The van der Waals surface area contributed by atoms with Crippen molar-refractivity contribution < 1.29 is 57.1 Å². The van der Waals surface area contributed by atoms with Gasteiger partial charge in [-0.15, -0.1) is 0 Å². The Morgan fingerprint density at radius 1 is 0.647 bits per heavy atom. The van der Waals surface area contributed by atoms with Crippen LogP contribution in [0.3, 0.4) is 0 Å². The molecule has 0 spiro atoms. The van der Waals surface area contributed by atoms with Crippen molar-refractivity contribution in [3.63, 3.8) is 0 Å². The second-order valence-electron chi connectivity index (χ2n) is 7.82. The minimum absolute atomic E-state index is 0.217. The van der Waals surface area contributed by atoms with E-state index in [1.54, 1.807) is 12.2 Å². The Morgan fingerprint density at radius 3 is 1.71 bits per heavy atom.